The monoisotopic (exact) mass is 283 g/mol. The van der Waals surface area contributed by atoms with E-state index in [1.54, 1.807) is 6.07 Å². The van der Waals surface area contributed by atoms with Crippen molar-refractivity contribution in [2.75, 3.05) is 6.54 Å². The molecule has 1 aliphatic rings. The topological polar surface area (TPSA) is 26.0 Å². The van der Waals surface area contributed by atoms with Gasteiger partial charge in [-0.1, -0.05) is 50.8 Å². The molecule has 1 saturated carbocycles. The quantitative estimate of drug-likeness (QED) is 0.850. The Hall–Kier alpha value is -0.600. The van der Waals surface area contributed by atoms with E-state index in [9.17, 15) is 4.39 Å². The van der Waals surface area contributed by atoms with Crippen LogP contribution in [0, 0.1) is 5.82 Å². The van der Waals surface area contributed by atoms with Gasteiger partial charge < -0.3 is 5.73 Å². The summed E-state index contributed by atoms with van der Waals surface area (Å²) in [6.45, 7) is 4.61. The lowest BCUT2D eigenvalue weighted by atomic mass is 9.69. The molecule has 0 aliphatic heterocycles. The van der Waals surface area contributed by atoms with E-state index in [1.165, 1.54) is 19.3 Å². The third-order valence-corrected chi connectivity index (χ3v) is 4.77. The first-order chi connectivity index (χ1) is 9.00. The van der Waals surface area contributed by atoms with Gasteiger partial charge in [0, 0.05) is 12.0 Å². The van der Waals surface area contributed by atoms with Crippen molar-refractivity contribution in [2.24, 2.45) is 5.73 Å². The van der Waals surface area contributed by atoms with Crippen LogP contribution in [0.1, 0.15) is 63.0 Å². The molecule has 1 aromatic rings. The summed E-state index contributed by atoms with van der Waals surface area (Å²) in [4.78, 5) is 0. The van der Waals surface area contributed by atoms with E-state index < -0.39 is 0 Å². The van der Waals surface area contributed by atoms with Gasteiger partial charge >= 0.3 is 0 Å². The smallest absolute Gasteiger partial charge is 0.145 e. The number of hydrogen-bond donors (Lipinski definition) is 1. The molecule has 0 amide bonds. The van der Waals surface area contributed by atoms with Gasteiger partial charge in [0.25, 0.3) is 0 Å². The Bertz CT molecular complexity index is 450. The molecule has 1 aliphatic carbocycles. The maximum Gasteiger partial charge on any atom is 0.145 e. The van der Waals surface area contributed by atoms with E-state index in [2.05, 4.69) is 0 Å². The second-order valence-electron chi connectivity index (χ2n) is 6.06. The number of benzene rings is 1. The lowest BCUT2D eigenvalue weighted by Gasteiger charge is -2.37. The SMILES string of the molecule is CC(C)c1cc(C2(CN)CCCCC2)cc(Cl)c1F. The molecule has 1 nitrogen and oxygen atoms in total. The van der Waals surface area contributed by atoms with Crippen molar-refractivity contribution in [2.45, 2.75) is 57.3 Å². The highest BCUT2D eigenvalue weighted by molar-refractivity contribution is 6.30. The Morgan fingerprint density at radius 1 is 1.26 bits per heavy atom. The summed E-state index contributed by atoms with van der Waals surface area (Å²) in [5, 5.41) is 0.236. The molecule has 0 bridgehead atoms. The number of halogens is 2. The summed E-state index contributed by atoms with van der Waals surface area (Å²) < 4.78 is 14.1. The average molecular weight is 284 g/mol. The molecular formula is C16H23ClFN. The Morgan fingerprint density at radius 2 is 1.89 bits per heavy atom. The van der Waals surface area contributed by atoms with Crippen molar-refractivity contribution >= 4 is 11.6 Å². The van der Waals surface area contributed by atoms with Gasteiger partial charge in [-0.3, -0.25) is 0 Å². The number of rotatable bonds is 3. The maximum absolute atomic E-state index is 14.1. The Kier molecular flexibility index (Phi) is 4.52. The van der Waals surface area contributed by atoms with E-state index in [0.717, 1.165) is 18.4 Å². The van der Waals surface area contributed by atoms with Crippen LogP contribution in [0.25, 0.3) is 0 Å². The van der Waals surface area contributed by atoms with Gasteiger partial charge in [-0.05, 0) is 36.0 Å². The molecule has 106 valence electrons. The zero-order valence-corrected chi connectivity index (χ0v) is 12.6. The van der Waals surface area contributed by atoms with E-state index in [1.807, 2.05) is 19.9 Å². The van der Waals surface area contributed by atoms with Gasteiger partial charge in [0.2, 0.25) is 0 Å². The van der Waals surface area contributed by atoms with Gasteiger partial charge in [-0.15, -0.1) is 0 Å². The first-order valence-electron chi connectivity index (χ1n) is 7.19. The molecule has 0 radical (unpaired) electrons. The first kappa shape index (κ1) is 14.8. The minimum absolute atomic E-state index is 0.000764. The van der Waals surface area contributed by atoms with E-state index >= 15 is 0 Å². The van der Waals surface area contributed by atoms with Crippen molar-refractivity contribution in [3.63, 3.8) is 0 Å². The molecule has 0 atom stereocenters. The van der Waals surface area contributed by atoms with Gasteiger partial charge in [0.05, 0.1) is 5.02 Å². The molecule has 2 N–H and O–H groups in total. The highest BCUT2D eigenvalue weighted by Crippen LogP contribution is 2.41. The van der Waals surface area contributed by atoms with Gasteiger partial charge in [0.15, 0.2) is 0 Å². The van der Waals surface area contributed by atoms with Crippen LogP contribution < -0.4 is 5.73 Å². The van der Waals surface area contributed by atoms with Crippen molar-refractivity contribution in [3.05, 3.63) is 34.1 Å². The summed E-state index contributed by atoms with van der Waals surface area (Å²) >= 11 is 6.09. The zero-order chi connectivity index (χ0) is 14.0. The molecule has 19 heavy (non-hydrogen) atoms. The van der Waals surface area contributed by atoms with Gasteiger partial charge in [-0.2, -0.15) is 0 Å². The van der Waals surface area contributed by atoms with Crippen LogP contribution in [0.2, 0.25) is 5.02 Å². The summed E-state index contributed by atoms with van der Waals surface area (Å²) in [6, 6.07) is 3.78. The van der Waals surface area contributed by atoms with Gasteiger partial charge in [-0.25, -0.2) is 4.39 Å². The molecule has 3 heteroatoms. The third-order valence-electron chi connectivity index (χ3n) is 4.49. The van der Waals surface area contributed by atoms with E-state index in [0.29, 0.717) is 12.1 Å². The predicted molar refractivity (Wildman–Crippen MR) is 79.3 cm³/mol. The lowest BCUT2D eigenvalue weighted by Crippen LogP contribution is -2.37. The predicted octanol–water partition coefficient (Wildman–Crippen LogP) is 4.76. The van der Waals surface area contributed by atoms with Crippen LogP contribution >= 0.6 is 11.6 Å². The summed E-state index contributed by atoms with van der Waals surface area (Å²) in [5.41, 5.74) is 7.89. The molecule has 0 unspecified atom stereocenters. The molecule has 0 spiro atoms. The van der Waals surface area contributed by atoms with Crippen molar-refractivity contribution in [1.29, 1.82) is 0 Å². The van der Waals surface area contributed by atoms with Crippen LogP contribution in [0.3, 0.4) is 0 Å². The van der Waals surface area contributed by atoms with Gasteiger partial charge in [0.1, 0.15) is 5.82 Å². The molecule has 1 fully saturated rings. The molecule has 1 aromatic carbocycles. The van der Waals surface area contributed by atoms with Crippen molar-refractivity contribution < 1.29 is 4.39 Å². The average Bonchev–Trinajstić information content (AvgIpc) is 2.42. The molecule has 0 saturated heterocycles. The summed E-state index contributed by atoms with van der Waals surface area (Å²) in [5.74, 6) is -0.140. The van der Waals surface area contributed by atoms with Crippen molar-refractivity contribution in [3.8, 4) is 0 Å². The fourth-order valence-electron chi connectivity index (χ4n) is 3.18. The fraction of sp³-hybridized carbons (Fsp3) is 0.625. The number of nitrogens with two attached hydrogens (primary N) is 1. The van der Waals surface area contributed by atoms with Crippen molar-refractivity contribution in [1.82, 2.24) is 0 Å². The normalized spacial score (nSPS) is 18.8. The first-order valence-corrected chi connectivity index (χ1v) is 7.57. The summed E-state index contributed by atoms with van der Waals surface area (Å²) in [6.07, 6.45) is 5.84. The van der Waals surface area contributed by atoms with Crippen LogP contribution in [0.4, 0.5) is 4.39 Å². The largest absolute Gasteiger partial charge is 0.330 e. The fourth-order valence-corrected chi connectivity index (χ4v) is 3.40. The number of hydrogen-bond acceptors (Lipinski definition) is 1. The summed E-state index contributed by atoms with van der Waals surface area (Å²) in [7, 11) is 0. The minimum Gasteiger partial charge on any atom is -0.330 e. The highest BCUT2D eigenvalue weighted by Gasteiger charge is 2.33. The Morgan fingerprint density at radius 3 is 2.42 bits per heavy atom. The van der Waals surface area contributed by atoms with Crippen LogP contribution in [-0.4, -0.2) is 6.54 Å². The van der Waals surface area contributed by atoms with Crippen LogP contribution in [0.5, 0.6) is 0 Å². The lowest BCUT2D eigenvalue weighted by molar-refractivity contribution is 0.300. The van der Waals surface area contributed by atoms with Crippen LogP contribution in [-0.2, 0) is 5.41 Å². The molecule has 2 rings (SSSR count). The third kappa shape index (κ3) is 2.80. The molecular weight excluding hydrogens is 261 g/mol. The maximum atomic E-state index is 14.1. The molecule has 0 heterocycles. The molecule has 0 aromatic heterocycles. The minimum atomic E-state index is -0.275. The van der Waals surface area contributed by atoms with Crippen LogP contribution in [0.15, 0.2) is 12.1 Å². The Balaban J connectivity index is 2.49. The standard InChI is InChI=1S/C16H23ClFN/c1-11(2)13-8-12(9-14(17)15(13)18)16(10-19)6-4-3-5-7-16/h8-9,11H,3-7,10,19H2,1-2H3. The second-order valence-corrected chi connectivity index (χ2v) is 6.47. The second kappa shape index (κ2) is 5.80. The van der Waals surface area contributed by atoms with E-state index in [-0.39, 0.29) is 22.2 Å². The zero-order valence-electron chi connectivity index (χ0n) is 11.8. The van der Waals surface area contributed by atoms with E-state index in [4.69, 9.17) is 17.3 Å². The Labute approximate surface area is 120 Å². The highest BCUT2D eigenvalue weighted by atomic mass is 35.5.